The van der Waals surface area contributed by atoms with Crippen LogP contribution < -0.4 is 10.6 Å². The lowest BCUT2D eigenvalue weighted by Gasteiger charge is -2.34. The Morgan fingerprint density at radius 1 is 1.17 bits per heavy atom. The largest absolute Gasteiger partial charge is 0.406 e. The summed E-state index contributed by atoms with van der Waals surface area (Å²) in [4.78, 5) is 19.9. The van der Waals surface area contributed by atoms with E-state index in [0.29, 0.717) is 35.4 Å². The summed E-state index contributed by atoms with van der Waals surface area (Å²) in [5, 5.41) is 16.5. The lowest BCUT2D eigenvalue weighted by Crippen LogP contribution is -2.46. The normalized spacial score (nSPS) is 14.2. The van der Waals surface area contributed by atoms with Crippen molar-refractivity contribution in [2.75, 3.05) is 44.4 Å². The number of halogens is 3. The molecule has 2 aromatic heterocycles. The maximum Gasteiger partial charge on any atom is 0.406 e. The van der Waals surface area contributed by atoms with E-state index < -0.39 is 18.1 Å². The summed E-state index contributed by atoms with van der Waals surface area (Å²) >= 11 is 0. The van der Waals surface area contributed by atoms with Crippen LogP contribution in [-0.2, 0) is 12.0 Å². The van der Waals surface area contributed by atoms with E-state index in [9.17, 15) is 23.2 Å². The zero-order chi connectivity index (χ0) is 29.8. The first-order chi connectivity index (χ1) is 19.4. The second-order valence-electron chi connectivity index (χ2n) is 10.9. The summed E-state index contributed by atoms with van der Waals surface area (Å²) in [6.07, 6.45) is -1.33. The first kappa shape index (κ1) is 29.6. The van der Waals surface area contributed by atoms with E-state index >= 15 is 0 Å². The number of benzene rings is 1. The number of urea groups is 1. The van der Waals surface area contributed by atoms with Gasteiger partial charge in [-0.1, -0.05) is 12.0 Å². The van der Waals surface area contributed by atoms with Crippen LogP contribution in [0.2, 0.25) is 0 Å². The minimum Gasteiger partial charge on any atom is -0.382 e. The highest BCUT2D eigenvalue weighted by Gasteiger charge is 2.30. The number of anilines is 2. The summed E-state index contributed by atoms with van der Waals surface area (Å²) < 4.78 is 41.9. The number of likely N-dealkylation sites (tertiary alicyclic amines) is 1. The van der Waals surface area contributed by atoms with Gasteiger partial charge in [-0.05, 0) is 62.9 Å². The molecular weight excluding hydrogens is 531 g/mol. The maximum atomic E-state index is 13.6. The van der Waals surface area contributed by atoms with Gasteiger partial charge in [-0.25, -0.2) is 4.79 Å². The Morgan fingerprint density at radius 2 is 1.90 bits per heavy atom. The Kier molecular flexibility index (Phi) is 8.67. The van der Waals surface area contributed by atoms with Crippen LogP contribution in [-0.4, -0.2) is 71.3 Å². The maximum absolute atomic E-state index is 13.6. The van der Waals surface area contributed by atoms with Gasteiger partial charge in [0.15, 0.2) is 0 Å². The van der Waals surface area contributed by atoms with Gasteiger partial charge in [0.05, 0.1) is 46.8 Å². The van der Waals surface area contributed by atoms with Crippen molar-refractivity contribution in [3.05, 3.63) is 54.0 Å². The zero-order valence-corrected chi connectivity index (χ0v) is 23.6. The predicted molar refractivity (Wildman–Crippen MR) is 154 cm³/mol. The first-order valence-electron chi connectivity index (χ1n) is 13.4. The molecule has 3 aromatic rings. The molecule has 0 atom stereocenters. The number of rotatable bonds is 6. The fraction of sp³-hybridized carbons (Fsp3) is 0.433. The number of alkyl halides is 3. The third kappa shape index (κ3) is 7.23. The number of carbonyl (C=O) groups is 1. The average molecular weight is 566 g/mol. The molecule has 1 aromatic carbocycles. The average Bonchev–Trinajstić information content (AvgIpc) is 3.28. The van der Waals surface area contributed by atoms with Crippen LogP contribution in [0.15, 0.2) is 42.6 Å². The smallest absolute Gasteiger partial charge is 0.382 e. The van der Waals surface area contributed by atoms with Gasteiger partial charge in [-0.2, -0.15) is 18.4 Å². The molecule has 4 rings (SSSR count). The van der Waals surface area contributed by atoms with Crippen molar-refractivity contribution in [2.24, 2.45) is 0 Å². The molecule has 3 heterocycles. The molecule has 0 radical (unpaired) electrons. The van der Waals surface area contributed by atoms with E-state index in [1.807, 2.05) is 6.07 Å². The van der Waals surface area contributed by atoms with Crippen molar-refractivity contribution >= 4 is 28.3 Å². The van der Waals surface area contributed by atoms with E-state index in [1.165, 1.54) is 4.57 Å². The van der Waals surface area contributed by atoms with Crippen molar-refractivity contribution in [1.82, 2.24) is 19.4 Å². The number of fused-ring (bicyclic) bond motifs is 1. The van der Waals surface area contributed by atoms with Gasteiger partial charge >= 0.3 is 12.2 Å². The number of pyridine rings is 1. The van der Waals surface area contributed by atoms with E-state index in [1.54, 1.807) is 74.3 Å². The Labute approximate surface area is 238 Å². The SMILES string of the molecule is CN(C)C(=O)N1CCC(Nc2cccc3c2cc(C#CCNc2ccc(C(C)(C)C#N)nc2)n3CC(F)(F)F)CC1. The quantitative estimate of drug-likeness (QED) is 0.390. The highest BCUT2D eigenvalue weighted by atomic mass is 19.4. The molecule has 1 aliphatic heterocycles. The van der Waals surface area contributed by atoms with Crippen LogP contribution in [0.25, 0.3) is 10.9 Å². The summed E-state index contributed by atoms with van der Waals surface area (Å²) in [5.41, 5.74) is 2.09. The molecule has 2 amide bonds. The molecule has 1 aliphatic rings. The van der Waals surface area contributed by atoms with Crippen molar-refractivity contribution in [2.45, 2.75) is 50.9 Å². The predicted octanol–water partition coefficient (Wildman–Crippen LogP) is 5.42. The minimum atomic E-state index is -4.42. The summed E-state index contributed by atoms with van der Waals surface area (Å²) in [6.45, 7) is 3.84. The van der Waals surface area contributed by atoms with E-state index in [2.05, 4.69) is 33.5 Å². The Bertz CT molecular complexity index is 1480. The van der Waals surface area contributed by atoms with Crippen molar-refractivity contribution in [1.29, 1.82) is 5.26 Å². The number of nitrogens with one attached hydrogen (secondary N) is 2. The highest BCUT2D eigenvalue weighted by molar-refractivity contribution is 5.94. The molecule has 0 saturated carbocycles. The van der Waals surface area contributed by atoms with Gasteiger partial charge in [0.2, 0.25) is 0 Å². The molecule has 8 nitrogen and oxygen atoms in total. The number of hydrogen-bond donors (Lipinski definition) is 2. The standard InChI is InChI=1S/C30H34F3N7O/c1-29(2,19-34)27-11-10-22(18-36-27)35-14-6-7-23-17-24-25(8-5-9-26(24)40(23)20-30(31,32)33)37-21-12-15-39(16-13-21)28(41)38(3)4/h5,8-11,17-18,21,35,37H,12-16,20H2,1-4H3. The molecule has 216 valence electrons. The molecule has 2 N–H and O–H groups in total. The zero-order valence-electron chi connectivity index (χ0n) is 23.6. The Hall–Kier alpha value is -4.38. The Morgan fingerprint density at radius 3 is 2.51 bits per heavy atom. The number of nitrogens with zero attached hydrogens (tertiary/aromatic N) is 5. The van der Waals surface area contributed by atoms with Gasteiger partial charge in [0.25, 0.3) is 0 Å². The molecule has 1 fully saturated rings. The van der Waals surface area contributed by atoms with Crippen molar-refractivity contribution in [3.63, 3.8) is 0 Å². The van der Waals surface area contributed by atoms with Crippen LogP contribution in [0.5, 0.6) is 0 Å². The topological polar surface area (TPSA) is 89.2 Å². The van der Waals surface area contributed by atoms with E-state index in [-0.39, 0.29) is 24.3 Å². The molecule has 0 spiro atoms. The van der Waals surface area contributed by atoms with Gasteiger partial charge in [0.1, 0.15) is 6.54 Å². The van der Waals surface area contributed by atoms with Crippen LogP contribution in [0.1, 0.15) is 38.1 Å². The van der Waals surface area contributed by atoms with Crippen molar-refractivity contribution < 1.29 is 18.0 Å². The number of amides is 2. The van der Waals surface area contributed by atoms with Gasteiger partial charge < -0.3 is 25.0 Å². The third-order valence-corrected chi connectivity index (χ3v) is 7.07. The monoisotopic (exact) mass is 565 g/mol. The van der Waals surface area contributed by atoms with Gasteiger partial charge in [-0.15, -0.1) is 0 Å². The van der Waals surface area contributed by atoms with E-state index in [0.717, 1.165) is 18.5 Å². The number of carbonyl (C=O) groups excluding carboxylic acids is 1. The van der Waals surface area contributed by atoms with Gasteiger partial charge in [-0.3, -0.25) is 4.98 Å². The fourth-order valence-corrected chi connectivity index (χ4v) is 4.79. The molecule has 0 bridgehead atoms. The lowest BCUT2D eigenvalue weighted by atomic mass is 9.91. The van der Waals surface area contributed by atoms with Crippen LogP contribution in [0, 0.1) is 23.2 Å². The first-order valence-corrected chi connectivity index (χ1v) is 13.4. The van der Waals surface area contributed by atoms with Crippen molar-refractivity contribution in [3.8, 4) is 17.9 Å². The van der Waals surface area contributed by atoms with Crippen LogP contribution >= 0.6 is 0 Å². The highest BCUT2D eigenvalue weighted by Crippen LogP contribution is 2.31. The molecule has 0 unspecified atom stereocenters. The molecule has 1 saturated heterocycles. The summed E-state index contributed by atoms with van der Waals surface area (Å²) in [5.74, 6) is 5.84. The fourth-order valence-electron chi connectivity index (χ4n) is 4.79. The van der Waals surface area contributed by atoms with E-state index in [4.69, 9.17) is 0 Å². The van der Waals surface area contributed by atoms with Crippen LogP contribution in [0.4, 0.5) is 29.3 Å². The molecule has 41 heavy (non-hydrogen) atoms. The summed E-state index contributed by atoms with van der Waals surface area (Å²) in [6, 6.07) is 12.8. The second-order valence-corrected chi connectivity index (χ2v) is 10.9. The molecule has 11 heteroatoms. The minimum absolute atomic E-state index is 0.0243. The second kappa shape index (κ2) is 12.0. The third-order valence-electron chi connectivity index (χ3n) is 7.07. The van der Waals surface area contributed by atoms with Gasteiger partial charge in [0, 0.05) is 44.3 Å². The number of hydrogen-bond acceptors (Lipinski definition) is 5. The molecule has 0 aliphatic carbocycles. The lowest BCUT2D eigenvalue weighted by molar-refractivity contribution is -0.140. The number of aromatic nitrogens is 2. The number of nitriles is 1. The summed E-state index contributed by atoms with van der Waals surface area (Å²) in [7, 11) is 3.45. The molecular formula is C30H34F3N7O. The van der Waals surface area contributed by atoms with Crippen LogP contribution in [0.3, 0.4) is 0 Å². The Balaban J connectivity index is 1.51. The number of piperidine rings is 1.